The van der Waals surface area contributed by atoms with Crippen LogP contribution in [0.15, 0.2) is 0 Å². The lowest BCUT2D eigenvalue weighted by atomic mass is 10.0. The lowest BCUT2D eigenvalue weighted by Gasteiger charge is -2.26. The smallest absolute Gasteiger partial charge is 0.326 e. The van der Waals surface area contributed by atoms with Crippen LogP contribution in [0, 0.1) is 5.92 Å². The number of rotatable bonds is 13. The Morgan fingerprint density at radius 2 is 1.45 bits per heavy atom. The summed E-state index contributed by atoms with van der Waals surface area (Å²) in [6.07, 6.45) is -0.415. The summed E-state index contributed by atoms with van der Waals surface area (Å²) in [6.45, 7) is 3.30. The number of carboxylic acids is 1. The fraction of sp³-hybridized carbons (Fsp3) is 0.688. The summed E-state index contributed by atoms with van der Waals surface area (Å²) in [5.41, 5.74) is 10.6. The standard InChI is InChI=1S/C16H29N5O6S2/c1-7(2)12(15(25)19-9(16(26)27)3-4-11(18)22)21-14(24)10(6-29)20-13(23)8(17)5-28/h7-10,12,28-29H,3-6,17H2,1-2H3,(H2,18,22)(H,19,25)(H,20,23)(H,21,24)(H,26,27). The highest BCUT2D eigenvalue weighted by Gasteiger charge is 2.31. The molecule has 11 nitrogen and oxygen atoms in total. The Morgan fingerprint density at radius 1 is 0.897 bits per heavy atom. The van der Waals surface area contributed by atoms with E-state index in [2.05, 4.69) is 41.2 Å². The Labute approximate surface area is 179 Å². The van der Waals surface area contributed by atoms with Gasteiger partial charge in [-0.25, -0.2) is 4.79 Å². The van der Waals surface area contributed by atoms with Crippen LogP contribution in [-0.2, 0) is 24.0 Å². The molecule has 0 aromatic rings. The molecule has 13 heteroatoms. The molecular formula is C16H29N5O6S2. The van der Waals surface area contributed by atoms with Gasteiger partial charge in [0.15, 0.2) is 0 Å². The lowest BCUT2D eigenvalue weighted by molar-refractivity contribution is -0.143. The van der Waals surface area contributed by atoms with Gasteiger partial charge < -0.3 is 32.5 Å². The first kappa shape index (κ1) is 27.0. The number of carboxylic acid groups (broad SMARTS) is 1. The lowest BCUT2D eigenvalue weighted by Crippen LogP contribution is -2.59. The predicted octanol–water partition coefficient (Wildman–Crippen LogP) is -2.37. The fourth-order valence-corrected chi connectivity index (χ4v) is 2.57. The van der Waals surface area contributed by atoms with E-state index in [-0.39, 0.29) is 24.3 Å². The molecule has 0 aliphatic carbocycles. The second-order valence-electron chi connectivity index (χ2n) is 6.67. The van der Waals surface area contributed by atoms with E-state index < -0.39 is 59.7 Å². The van der Waals surface area contributed by atoms with Gasteiger partial charge in [-0.05, 0) is 12.3 Å². The van der Waals surface area contributed by atoms with Crippen molar-refractivity contribution in [2.24, 2.45) is 17.4 Å². The number of nitrogens with one attached hydrogen (secondary N) is 3. The Bertz CT molecular complexity index is 619. The molecule has 0 aromatic heterocycles. The van der Waals surface area contributed by atoms with E-state index in [0.717, 1.165) is 0 Å². The average Bonchev–Trinajstić information content (AvgIpc) is 2.65. The van der Waals surface area contributed by atoms with E-state index in [9.17, 15) is 29.1 Å². The third-order valence-corrected chi connectivity index (χ3v) is 4.65. The normalized spacial score (nSPS) is 15.0. The molecule has 0 spiro atoms. The van der Waals surface area contributed by atoms with E-state index in [0.29, 0.717) is 0 Å². The van der Waals surface area contributed by atoms with Gasteiger partial charge in [0.05, 0.1) is 6.04 Å². The molecule has 0 radical (unpaired) electrons. The summed E-state index contributed by atoms with van der Waals surface area (Å²) in [5.74, 6) is -4.46. The Balaban J connectivity index is 5.16. The van der Waals surface area contributed by atoms with Gasteiger partial charge in [0, 0.05) is 17.9 Å². The number of amides is 4. The van der Waals surface area contributed by atoms with Gasteiger partial charge in [-0.15, -0.1) is 0 Å². The molecule has 0 heterocycles. The number of hydrogen-bond donors (Lipinski definition) is 8. The van der Waals surface area contributed by atoms with Gasteiger partial charge >= 0.3 is 5.97 Å². The predicted molar refractivity (Wildman–Crippen MR) is 112 cm³/mol. The van der Waals surface area contributed by atoms with Crippen LogP contribution < -0.4 is 27.4 Å². The minimum atomic E-state index is -1.35. The molecule has 29 heavy (non-hydrogen) atoms. The maximum absolute atomic E-state index is 12.5. The monoisotopic (exact) mass is 451 g/mol. The van der Waals surface area contributed by atoms with Crippen LogP contribution in [0.2, 0.25) is 0 Å². The minimum absolute atomic E-state index is 0.0559. The van der Waals surface area contributed by atoms with Gasteiger partial charge in [0.1, 0.15) is 18.1 Å². The molecule has 0 aliphatic heterocycles. The van der Waals surface area contributed by atoms with Crippen LogP contribution in [0.25, 0.3) is 0 Å². The second-order valence-corrected chi connectivity index (χ2v) is 7.40. The topological polar surface area (TPSA) is 194 Å². The van der Waals surface area contributed by atoms with Crippen molar-refractivity contribution in [3.63, 3.8) is 0 Å². The van der Waals surface area contributed by atoms with Crippen molar-refractivity contribution in [3.8, 4) is 0 Å². The molecule has 4 atom stereocenters. The van der Waals surface area contributed by atoms with Crippen molar-refractivity contribution in [1.29, 1.82) is 0 Å². The number of hydrogen-bond acceptors (Lipinski definition) is 8. The molecule has 4 unspecified atom stereocenters. The number of primary amides is 1. The first-order valence-electron chi connectivity index (χ1n) is 8.84. The van der Waals surface area contributed by atoms with Crippen LogP contribution in [-0.4, -0.2) is 70.4 Å². The largest absolute Gasteiger partial charge is 0.480 e. The van der Waals surface area contributed by atoms with Crippen molar-refractivity contribution in [2.75, 3.05) is 11.5 Å². The van der Waals surface area contributed by atoms with Crippen molar-refractivity contribution in [3.05, 3.63) is 0 Å². The fourth-order valence-electron chi connectivity index (χ4n) is 2.15. The highest BCUT2D eigenvalue weighted by Crippen LogP contribution is 2.06. The zero-order chi connectivity index (χ0) is 22.7. The minimum Gasteiger partial charge on any atom is -0.480 e. The third-order valence-electron chi connectivity index (χ3n) is 3.89. The number of thiol groups is 2. The molecule has 166 valence electrons. The van der Waals surface area contributed by atoms with Crippen LogP contribution >= 0.6 is 25.3 Å². The summed E-state index contributed by atoms with van der Waals surface area (Å²) in [4.78, 5) is 59.0. The van der Waals surface area contributed by atoms with E-state index in [4.69, 9.17) is 11.5 Å². The maximum Gasteiger partial charge on any atom is 0.326 e. The van der Waals surface area contributed by atoms with E-state index in [1.807, 2.05) is 0 Å². The molecule has 0 saturated heterocycles. The SMILES string of the molecule is CC(C)C(NC(=O)C(CS)NC(=O)C(N)CS)C(=O)NC(CCC(N)=O)C(=O)O. The molecule has 0 aliphatic rings. The molecule has 0 aromatic carbocycles. The number of carbonyl (C=O) groups excluding carboxylic acids is 4. The van der Waals surface area contributed by atoms with Gasteiger partial charge in [-0.3, -0.25) is 19.2 Å². The van der Waals surface area contributed by atoms with Crippen molar-refractivity contribution in [2.45, 2.75) is 50.9 Å². The van der Waals surface area contributed by atoms with Gasteiger partial charge in [-0.1, -0.05) is 13.8 Å². The summed E-state index contributed by atoms with van der Waals surface area (Å²) in [6, 6.07) is -4.41. The van der Waals surface area contributed by atoms with E-state index in [1.54, 1.807) is 13.8 Å². The Kier molecular flexibility index (Phi) is 12.4. The third kappa shape index (κ3) is 9.85. The van der Waals surface area contributed by atoms with E-state index in [1.165, 1.54) is 0 Å². The maximum atomic E-state index is 12.5. The Hall–Kier alpha value is -1.99. The van der Waals surface area contributed by atoms with Gasteiger partial charge in [0.25, 0.3) is 0 Å². The quantitative estimate of drug-likeness (QED) is 0.143. The van der Waals surface area contributed by atoms with Crippen molar-refractivity contribution < 1.29 is 29.1 Å². The zero-order valence-corrected chi connectivity index (χ0v) is 18.0. The Morgan fingerprint density at radius 3 is 1.86 bits per heavy atom. The van der Waals surface area contributed by atoms with Crippen LogP contribution in [0.3, 0.4) is 0 Å². The van der Waals surface area contributed by atoms with Gasteiger partial charge in [-0.2, -0.15) is 25.3 Å². The van der Waals surface area contributed by atoms with E-state index >= 15 is 0 Å². The first-order chi connectivity index (χ1) is 13.4. The molecule has 8 N–H and O–H groups in total. The van der Waals surface area contributed by atoms with Gasteiger partial charge in [0.2, 0.25) is 23.6 Å². The molecule has 0 saturated carbocycles. The molecule has 4 amide bonds. The summed E-state index contributed by atoms with van der Waals surface area (Å²) in [5, 5.41) is 16.4. The first-order valence-corrected chi connectivity index (χ1v) is 10.1. The summed E-state index contributed by atoms with van der Waals surface area (Å²) in [7, 11) is 0. The summed E-state index contributed by atoms with van der Waals surface area (Å²) < 4.78 is 0. The number of aliphatic carboxylic acids is 1. The molecular weight excluding hydrogens is 422 g/mol. The molecule has 0 fully saturated rings. The second kappa shape index (κ2) is 13.3. The number of nitrogens with two attached hydrogens (primary N) is 2. The van der Waals surface area contributed by atoms with Crippen LogP contribution in [0.4, 0.5) is 0 Å². The van der Waals surface area contributed by atoms with Crippen molar-refractivity contribution in [1.82, 2.24) is 16.0 Å². The van der Waals surface area contributed by atoms with Crippen LogP contribution in [0.5, 0.6) is 0 Å². The zero-order valence-electron chi connectivity index (χ0n) is 16.3. The van der Waals surface area contributed by atoms with Crippen molar-refractivity contribution >= 4 is 54.9 Å². The van der Waals surface area contributed by atoms with Crippen LogP contribution in [0.1, 0.15) is 26.7 Å². The highest BCUT2D eigenvalue weighted by molar-refractivity contribution is 7.80. The summed E-state index contributed by atoms with van der Waals surface area (Å²) >= 11 is 7.94. The molecule has 0 bridgehead atoms. The highest BCUT2D eigenvalue weighted by atomic mass is 32.1. The average molecular weight is 452 g/mol. The number of carbonyl (C=O) groups is 5. The molecule has 0 rings (SSSR count).